The molecule has 0 aliphatic heterocycles. The smallest absolute Gasteiger partial charge is 0.126 e. The second-order valence-corrected chi connectivity index (χ2v) is 3.69. The van der Waals surface area contributed by atoms with Crippen LogP contribution >= 0.6 is 11.6 Å². The Hall–Kier alpha value is -0.800. The maximum absolute atomic E-state index is 6.00. The third-order valence-corrected chi connectivity index (χ3v) is 2.40. The lowest BCUT2D eigenvalue weighted by Crippen LogP contribution is -2.01. The first-order valence-corrected chi connectivity index (χ1v) is 5.56. The number of anilines is 1. The van der Waals surface area contributed by atoms with Crippen LogP contribution in [0.25, 0.3) is 0 Å². The van der Waals surface area contributed by atoms with Crippen LogP contribution in [0.2, 0.25) is 5.02 Å². The maximum atomic E-state index is 6.00. The third kappa shape index (κ3) is 4.06. The molecule has 0 bridgehead atoms. The Morgan fingerprint density at radius 2 is 2.27 bits per heavy atom. The standard InChI is InChI=1S/C11H17ClN2O/c1-3-4-7-15-8-10-9(12)5-6-11(13-2)14-10/h5-6H,3-4,7-8H2,1-2H3,(H,13,14). The summed E-state index contributed by atoms with van der Waals surface area (Å²) in [6.45, 7) is 3.38. The van der Waals surface area contributed by atoms with E-state index in [-0.39, 0.29) is 0 Å². The molecule has 0 amide bonds. The van der Waals surface area contributed by atoms with Gasteiger partial charge in [-0.25, -0.2) is 4.98 Å². The number of nitrogens with zero attached hydrogens (tertiary/aromatic N) is 1. The van der Waals surface area contributed by atoms with E-state index in [9.17, 15) is 0 Å². The number of halogens is 1. The quantitative estimate of drug-likeness (QED) is 0.760. The van der Waals surface area contributed by atoms with Crippen LogP contribution in [0.1, 0.15) is 25.5 Å². The Balaban J connectivity index is 2.51. The van der Waals surface area contributed by atoms with Crippen molar-refractivity contribution in [2.75, 3.05) is 19.0 Å². The molecular formula is C11H17ClN2O. The summed E-state index contributed by atoms with van der Waals surface area (Å²) < 4.78 is 5.47. The molecule has 0 aromatic carbocycles. The average molecular weight is 229 g/mol. The molecular weight excluding hydrogens is 212 g/mol. The van der Waals surface area contributed by atoms with Crippen molar-refractivity contribution in [2.45, 2.75) is 26.4 Å². The summed E-state index contributed by atoms with van der Waals surface area (Å²) in [5.41, 5.74) is 0.791. The third-order valence-electron chi connectivity index (χ3n) is 2.06. The van der Waals surface area contributed by atoms with Crippen LogP contribution in [0.3, 0.4) is 0 Å². The first kappa shape index (κ1) is 12.3. The van der Waals surface area contributed by atoms with Crippen LogP contribution in [0.5, 0.6) is 0 Å². The second kappa shape index (κ2) is 6.64. The Labute approximate surface area is 95.8 Å². The minimum Gasteiger partial charge on any atom is -0.375 e. The molecule has 0 atom stereocenters. The van der Waals surface area contributed by atoms with Crippen molar-refractivity contribution < 1.29 is 4.74 Å². The molecule has 84 valence electrons. The van der Waals surface area contributed by atoms with E-state index >= 15 is 0 Å². The van der Waals surface area contributed by atoms with Crippen molar-refractivity contribution >= 4 is 17.4 Å². The fourth-order valence-corrected chi connectivity index (χ4v) is 1.30. The summed E-state index contributed by atoms with van der Waals surface area (Å²) in [6, 6.07) is 3.68. The largest absolute Gasteiger partial charge is 0.375 e. The summed E-state index contributed by atoms with van der Waals surface area (Å²) in [4.78, 5) is 4.32. The van der Waals surface area contributed by atoms with Gasteiger partial charge in [-0.05, 0) is 18.6 Å². The Morgan fingerprint density at radius 1 is 1.47 bits per heavy atom. The number of ether oxygens (including phenoxy) is 1. The minimum atomic E-state index is 0.481. The van der Waals surface area contributed by atoms with Crippen molar-refractivity contribution in [3.8, 4) is 0 Å². The lowest BCUT2D eigenvalue weighted by molar-refractivity contribution is 0.115. The molecule has 3 nitrogen and oxygen atoms in total. The van der Waals surface area contributed by atoms with Crippen molar-refractivity contribution in [1.29, 1.82) is 0 Å². The van der Waals surface area contributed by atoms with E-state index in [0.29, 0.717) is 11.6 Å². The Bertz CT molecular complexity index is 305. The van der Waals surface area contributed by atoms with E-state index in [4.69, 9.17) is 16.3 Å². The van der Waals surface area contributed by atoms with Crippen LogP contribution in [0.4, 0.5) is 5.82 Å². The number of aromatic nitrogens is 1. The van der Waals surface area contributed by atoms with Gasteiger partial charge in [0, 0.05) is 13.7 Å². The van der Waals surface area contributed by atoms with Crippen LogP contribution in [0, 0.1) is 0 Å². The molecule has 15 heavy (non-hydrogen) atoms. The molecule has 0 saturated carbocycles. The summed E-state index contributed by atoms with van der Waals surface area (Å²) >= 11 is 6.00. The molecule has 0 unspecified atom stereocenters. The number of nitrogens with one attached hydrogen (secondary N) is 1. The molecule has 0 spiro atoms. The van der Waals surface area contributed by atoms with Gasteiger partial charge >= 0.3 is 0 Å². The number of hydrogen-bond donors (Lipinski definition) is 1. The minimum absolute atomic E-state index is 0.481. The zero-order valence-electron chi connectivity index (χ0n) is 9.22. The van der Waals surface area contributed by atoms with E-state index in [2.05, 4.69) is 17.2 Å². The number of hydrogen-bond acceptors (Lipinski definition) is 3. The topological polar surface area (TPSA) is 34.1 Å². The van der Waals surface area contributed by atoms with Gasteiger partial charge in [0.05, 0.1) is 17.3 Å². The number of rotatable bonds is 6. The highest BCUT2D eigenvalue weighted by Crippen LogP contribution is 2.17. The van der Waals surface area contributed by atoms with Gasteiger partial charge in [0.2, 0.25) is 0 Å². The fourth-order valence-electron chi connectivity index (χ4n) is 1.14. The summed E-state index contributed by atoms with van der Waals surface area (Å²) in [6.07, 6.45) is 2.21. The number of unbranched alkanes of at least 4 members (excludes halogenated alkanes) is 1. The van der Waals surface area contributed by atoms with Gasteiger partial charge in [0.1, 0.15) is 5.82 Å². The van der Waals surface area contributed by atoms with Crippen molar-refractivity contribution in [1.82, 2.24) is 4.98 Å². The van der Waals surface area contributed by atoms with Crippen molar-refractivity contribution in [2.24, 2.45) is 0 Å². The van der Waals surface area contributed by atoms with Gasteiger partial charge in [-0.3, -0.25) is 0 Å². The molecule has 0 aliphatic rings. The van der Waals surface area contributed by atoms with Crippen molar-refractivity contribution in [3.63, 3.8) is 0 Å². The molecule has 1 heterocycles. The van der Waals surface area contributed by atoms with E-state index in [1.54, 1.807) is 0 Å². The second-order valence-electron chi connectivity index (χ2n) is 3.28. The monoisotopic (exact) mass is 228 g/mol. The van der Waals surface area contributed by atoms with Gasteiger partial charge < -0.3 is 10.1 Å². The first-order valence-electron chi connectivity index (χ1n) is 5.18. The van der Waals surface area contributed by atoms with Crippen LogP contribution in [0.15, 0.2) is 12.1 Å². The van der Waals surface area contributed by atoms with E-state index in [0.717, 1.165) is 31.0 Å². The maximum Gasteiger partial charge on any atom is 0.126 e. The zero-order chi connectivity index (χ0) is 11.1. The van der Waals surface area contributed by atoms with E-state index in [1.165, 1.54) is 0 Å². The highest BCUT2D eigenvalue weighted by molar-refractivity contribution is 6.31. The summed E-state index contributed by atoms with van der Waals surface area (Å²) in [5.74, 6) is 0.813. The van der Waals surface area contributed by atoms with E-state index < -0.39 is 0 Å². The summed E-state index contributed by atoms with van der Waals surface area (Å²) in [5, 5.41) is 3.63. The Kier molecular flexibility index (Phi) is 5.43. The molecule has 1 aromatic heterocycles. The average Bonchev–Trinajstić information content (AvgIpc) is 2.26. The molecule has 0 radical (unpaired) electrons. The molecule has 0 aliphatic carbocycles. The van der Waals surface area contributed by atoms with Crippen LogP contribution < -0.4 is 5.32 Å². The van der Waals surface area contributed by atoms with Gasteiger partial charge in [0.15, 0.2) is 0 Å². The van der Waals surface area contributed by atoms with E-state index in [1.807, 2.05) is 19.2 Å². The molecule has 1 rings (SSSR count). The SMILES string of the molecule is CCCCOCc1nc(NC)ccc1Cl. The van der Waals surface area contributed by atoms with Gasteiger partial charge in [-0.15, -0.1) is 0 Å². The molecule has 4 heteroatoms. The molecule has 1 N–H and O–H groups in total. The van der Waals surface area contributed by atoms with Crippen LogP contribution in [-0.2, 0) is 11.3 Å². The predicted octanol–water partition coefficient (Wildman–Crippen LogP) is 3.09. The highest BCUT2D eigenvalue weighted by Gasteiger charge is 2.03. The van der Waals surface area contributed by atoms with Gasteiger partial charge in [-0.1, -0.05) is 24.9 Å². The van der Waals surface area contributed by atoms with Crippen LogP contribution in [-0.4, -0.2) is 18.6 Å². The highest BCUT2D eigenvalue weighted by atomic mass is 35.5. The predicted molar refractivity (Wildman–Crippen MR) is 63.4 cm³/mol. The van der Waals surface area contributed by atoms with Crippen molar-refractivity contribution in [3.05, 3.63) is 22.8 Å². The lowest BCUT2D eigenvalue weighted by atomic mass is 10.3. The van der Waals surface area contributed by atoms with Gasteiger partial charge in [0.25, 0.3) is 0 Å². The molecule has 0 saturated heterocycles. The number of pyridine rings is 1. The summed E-state index contributed by atoms with van der Waals surface area (Å²) in [7, 11) is 1.83. The van der Waals surface area contributed by atoms with Gasteiger partial charge in [-0.2, -0.15) is 0 Å². The zero-order valence-corrected chi connectivity index (χ0v) is 9.97. The normalized spacial score (nSPS) is 10.3. The Morgan fingerprint density at radius 3 is 2.93 bits per heavy atom. The first-order chi connectivity index (χ1) is 7.27. The fraction of sp³-hybridized carbons (Fsp3) is 0.545. The molecule has 1 aromatic rings. The molecule has 0 fully saturated rings. The lowest BCUT2D eigenvalue weighted by Gasteiger charge is -2.07.